The predicted molar refractivity (Wildman–Crippen MR) is 135 cm³/mol. The molecule has 0 amide bonds. The molecular formula is C29H30N2O4. The van der Waals surface area contributed by atoms with Crippen LogP contribution in [0.1, 0.15) is 64.9 Å². The van der Waals surface area contributed by atoms with Crippen LogP contribution in [0.25, 0.3) is 0 Å². The van der Waals surface area contributed by atoms with Crippen molar-refractivity contribution in [3.05, 3.63) is 92.8 Å². The zero-order chi connectivity index (χ0) is 25.1. The first-order valence-corrected chi connectivity index (χ1v) is 12.1. The van der Waals surface area contributed by atoms with Crippen molar-refractivity contribution in [2.45, 2.75) is 59.3 Å². The van der Waals surface area contributed by atoms with Crippen LogP contribution in [-0.2, 0) is 9.59 Å². The second-order valence-electron chi connectivity index (χ2n) is 11.6. The van der Waals surface area contributed by atoms with Crippen molar-refractivity contribution in [3.8, 4) is 0 Å². The van der Waals surface area contributed by atoms with Gasteiger partial charge in [-0.05, 0) is 41.4 Å². The molecule has 6 nitrogen and oxygen atoms in total. The largest absolute Gasteiger partial charge is 0.317 e. The van der Waals surface area contributed by atoms with Gasteiger partial charge in [0.1, 0.15) is 0 Å². The summed E-state index contributed by atoms with van der Waals surface area (Å²) in [6.07, 6.45) is 2.22. The molecule has 0 atom stereocenters. The van der Waals surface area contributed by atoms with Gasteiger partial charge in [-0.15, -0.1) is 0 Å². The highest BCUT2D eigenvalue weighted by atomic mass is 16.6. The highest BCUT2D eigenvalue weighted by Gasteiger charge is 2.49. The van der Waals surface area contributed by atoms with Crippen LogP contribution in [0.2, 0.25) is 0 Å². The molecule has 0 fully saturated rings. The minimum Gasteiger partial charge on any atom is -0.317 e. The highest BCUT2D eigenvalue weighted by molar-refractivity contribution is 6.08. The molecule has 1 heterocycles. The monoisotopic (exact) mass is 470 g/mol. The molecule has 1 aliphatic heterocycles. The fourth-order valence-corrected chi connectivity index (χ4v) is 5.98. The van der Waals surface area contributed by atoms with Crippen molar-refractivity contribution in [2.24, 2.45) is 10.8 Å². The standard InChI is InChI=1S/C29H30N2O4/c1-28(2)14-21-26(23(32)16-28)25(18-10-12-20(13-11-18)31(34)35)27-22(15-29(3,4)17-24(27)33)30(21)19-8-6-5-7-9-19/h5-13,25H,14-17H2,1-4H3. The number of allylic oxidation sites excluding steroid dienone is 4. The van der Waals surface area contributed by atoms with Crippen LogP contribution >= 0.6 is 0 Å². The molecule has 5 rings (SSSR count). The molecule has 3 aliphatic rings. The van der Waals surface area contributed by atoms with Gasteiger partial charge < -0.3 is 4.90 Å². The lowest BCUT2D eigenvalue weighted by Crippen LogP contribution is -2.44. The summed E-state index contributed by atoms with van der Waals surface area (Å²) in [5, 5.41) is 11.3. The number of Topliss-reactive ketones (excluding diaryl/α,β-unsaturated/α-hetero) is 2. The van der Waals surface area contributed by atoms with E-state index in [1.807, 2.05) is 30.3 Å². The number of hydrogen-bond donors (Lipinski definition) is 0. The normalized spacial score (nSPS) is 21.7. The Morgan fingerprint density at radius 2 is 1.26 bits per heavy atom. The fraction of sp³-hybridized carbons (Fsp3) is 0.379. The van der Waals surface area contributed by atoms with Gasteiger partial charge in [0.25, 0.3) is 5.69 Å². The molecule has 0 aromatic heterocycles. The average Bonchev–Trinajstić information content (AvgIpc) is 2.77. The zero-order valence-electron chi connectivity index (χ0n) is 20.6. The second kappa shape index (κ2) is 8.01. The summed E-state index contributed by atoms with van der Waals surface area (Å²) in [6, 6.07) is 16.3. The van der Waals surface area contributed by atoms with Gasteiger partial charge in [-0.1, -0.05) is 58.0 Å². The zero-order valence-corrected chi connectivity index (χ0v) is 20.6. The van der Waals surface area contributed by atoms with Crippen LogP contribution in [0.3, 0.4) is 0 Å². The SMILES string of the molecule is CC1(C)CC(=O)C2=C(C1)N(c1ccccc1)C1=C(C(=O)CC(C)(C)C1)C2c1ccc([N+](=O)[O-])cc1. The highest BCUT2D eigenvalue weighted by Crippen LogP contribution is 2.55. The minimum absolute atomic E-state index is 0.00825. The Hall–Kier alpha value is -3.54. The lowest BCUT2D eigenvalue weighted by atomic mass is 9.63. The smallest absolute Gasteiger partial charge is 0.269 e. The molecule has 0 unspecified atom stereocenters. The minimum atomic E-state index is -0.507. The third kappa shape index (κ3) is 4.01. The van der Waals surface area contributed by atoms with Crippen LogP contribution in [0, 0.1) is 20.9 Å². The van der Waals surface area contributed by atoms with Gasteiger partial charge in [-0.25, -0.2) is 0 Å². The molecule has 0 spiro atoms. The van der Waals surface area contributed by atoms with E-state index in [1.54, 1.807) is 12.1 Å². The van der Waals surface area contributed by atoms with Crippen molar-refractivity contribution >= 4 is 22.9 Å². The molecule has 35 heavy (non-hydrogen) atoms. The van der Waals surface area contributed by atoms with Crippen molar-refractivity contribution in [1.29, 1.82) is 0 Å². The molecule has 0 N–H and O–H groups in total. The van der Waals surface area contributed by atoms with Crippen molar-refractivity contribution in [2.75, 3.05) is 4.90 Å². The summed E-state index contributed by atoms with van der Waals surface area (Å²) in [6.45, 7) is 8.44. The first-order valence-electron chi connectivity index (χ1n) is 12.1. The summed E-state index contributed by atoms with van der Waals surface area (Å²) in [7, 11) is 0. The number of anilines is 1. The van der Waals surface area contributed by atoms with E-state index in [2.05, 4.69) is 32.6 Å². The molecule has 0 bridgehead atoms. The van der Waals surface area contributed by atoms with Crippen LogP contribution in [0.15, 0.2) is 77.1 Å². The van der Waals surface area contributed by atoms with Crippen molar-refractivity contribution < 1.29 is 14.5 Å². The molecule has 0 saturated heterocycles. The van der Waals surface area contributed by atoms with E-state index >= 15 is 0 Å². The van der Waals surface area contributed by atoms with Gasteiger partial charge in [0.15, 0.2) is 11.6 Å². The predicted octanol–water partition coefficient (Wildman–Crippen LogP) is 6.49. The maximum atomic E-state index is 13.8. The van der Waals surface area contributed by atoms with Gasteiger partial charge in [0, 0.05) is 59.1 Å². The number of non-ortho nitro benzene ring substituents is 1. The Labute approximate surface area is 205 Å². The molecule has 0 saturated carbocycles. The van der Waals surface area contributed by atoms with Gasteiger partial charge in [-0.3, -0.25) is 19.7 Å². The third-order valence-corrected chi connectivity index (χ3v) is 7.36. The quantitative estimate of drug-likeness (QED) is 0.379. The number of nitro groups is 1. The fourth-order valence-electron chi connectivity index (χ4n) is 5.98. The van der Waals surface area contributed by atoms with E-state index in [-0.39, 0.29) is 28.1 Å². The molecule has 2 aromatic rings. The molecule has 0 radical (unpaired) electrons. The third-order valence-electron chi connectivity index (χ3n) is 7.36. The van der Waals surface area contributed by atoms with Crippen LogP contribution < -0.4 is 4.90 Å². The van der Waals surface area contributed by atoms with Crippen LogP contribution in [-0.4, -0.2) is 16.5 Å². The number of hydrogen-bond acceptors (Lipinski definition) is 5. The number of ketones is 2. The van der Waals surface area contributed by atoms with Gasteiger partial charge in [0.05, 0.1) is 4.92 Å². The summed E-state index contributed by atoms with van der Waals surface area (Å²) in [5.74, 6) is -0.414. The Bertz CT molecular complexity index is 1250. The molecule has 2 aromatic carbocycles. The van der Waals surface area contributed by atoms with Gasteiger partial charge >= 0.3 is 0 Å². The maximum Gasteiger partial charge on any atom is 0.269 e. The van der Waals surface area contributed by atoms with Crippen molar-refractivity contribution in [1.82, 2.24) is 0 Å². The maximum absolute atomic E-state index is 13.8. The Morgan fingerprint density at radius 1 is 0.771 bits per heavy atom. The Balaban J connectivity index is 1.80. The summed E-state index contributed by atoms with van der Waals surface area (Å²) in [4.78, 5) is 40.5. The van der Waals surface area contributed by atoms with Crippen molar-refractivity contribution in [3.63, 3.8) is 0 Å². The Kier molecular flexibility index (Phi) is 5.31. The lowest BCUT2D eigenvalue weighted by Gasteiger charge is -2.49. The number of benzene rings is 2. The second-order valence-corrected chi connectivity index (χ2v) is 11.6. The number of carbonyl (C=O) groups excluding carboxylic acids is 2. The van der Waals surface area contributed by atoms with E-state index in [0.29, 0.717) is 36.8 Å². The Morgan fingerprint density at radius 3 is 1.71 bits per heavy atom. The van der Waals surface area contributed by atoms with E-state index in [0.717, 1.165) is 22.6 Å². The van der Waals surface area contributed by atoms with Gasteiger partial charge in [-0.2, -0.15) is 0 Å². The number of nitrogens with zero attached hydrogens (tertiary/aromatic N) is 2. The van der Waals surface area contributed by atoms with E-state index in [9.17, 15) is 19.7 Å². The first-order chi connectivity index (χ1) is 16.5. The average molecular weight is 471 g/mol. The number of nitro benzene ring substituents is 1. The topological polar surface area (TPSA) is 80.5 Å². The van der Waals surface area contributed by atoms with Crippen LogP contribution in [0.4, 0.5) is 11.4 Å². The number of carbonyl (C=O) groups is 2. The van der Waals surface area contributed by atoms with Gasteiger partial charge in [0.2, 0.25) is 0 Å². The van der Waals surface area contributed by atoms with E-state index < -0.39 is 10.8 Å². The molecule has 6 heteroatoms. The number of para-hydroxylation sites is 1. The first kappa shape index (κ1) is 23.2. The molecular weight excluding hydrogens is 440 g/mol. The molecule has 2 aliphatic carbocycles. The molecule has 180 valence electrons. The number of rotatable bonds is 3. The van der Waals surface area contributed by atoms with Crippen LogP contribution in [0.5, 0.6) is 0 Å². The summed E-state index contributed by atoms with van der Waals surface area (Å²) >= 11 is 0. The summed E-state index contributed by atoms with van der Waals surface area (Å²) in [5.41, 5.74) is 4.49. The van der Waals surface area contributed by atoms with E-state index in [1.165, 1.54) is 12.1 Å². The lowest BCUT2D eigenvalue weighted by molar-refractivity contribution is -0.384. The summed E-state index contributed by atoms with van der Waals surface area (Å²) < 4.78 is 0. The van der Waals surface area contributed by atoms with E-state index in [4.69, 9.17) is 0 Å².